The van der Waals surface area contributed by atoms with Crippen molar-refractivity contribution in [2.45, 2.75) is 0 Å². The molecule has 2 aromatic rings. The van der Waals surface area contributed by atoms with Gasteiger partial charge in [-0.25, -0.2) is 4.99 Å². The van der Waals surface area contributed by atoms with E-state index in [0.717, 1.165) is 29.3 Å². The summed E-state index contributed by atoms with van der Waals surface area (Å²) in [4.78, 5) is 7.98. The molecule has 0 saturated carbocycles. The second-order valence-electron chi connectivity index (χ2n) is 4.08. The van der Waals surface area contributed by atoms with Gasteiger partial charge in [-0.15, -0.1) is 0 Å². The molecule has 0 unspecified atom stereocenters. The first-order valence-corrected chi connectivity index (χ1v) is 6.23. The molecular formula is C15H16N4O. The Balaban J connectivity index is 0.000000160. The van der Waals surface area contributed by atoms with Gasteiger partial charge < -0.3 is 15.9 Å². The lowest BCUT2D eigenvalue weighted by Crippen LogP contribution is -2.00. The predicted molar refractivity (Wildman–Crippen MR) is 80.3 cm³/mol. The van der Waals surface area contributed by atoms with Gasteiger partial charge in [0.15, 0.2) is 0 Å². The molecule has 0 bridgehead atoms. The first kappa shape index (κ1) is 13.7. The molecule has 0 radical (unpaired) electrons. The molecule has 0 atom stereocenters. The Morgan fingerprint density at radius 2 is 1.80 bits per heavy atom. The molecule has 2 heterocycles. The largest absolute Gasteiger partial charge is 0.476 e. The van der Waals surface area contributed by atoms with Gasteiger partial charge in [-0.2, -0.15) is 0 Å². The van der Waals surface area contributed by atoms with Crippen LogP contribution in [0.4, 0.5) is 5.69 Å². The van der Waals surface area contributed by atoms with Crippen molar-refractivity contribution in [2.24, 2.45) is 4.99 Å². The molecule has 1 aliphatic rings. The van der Waals surface area contributed by atoms with Crippen LogP contribution in [0.1, 0.15) is 11.1 Å². The quantitative estimate of drug-likeness (QED) is 0.646. The maximum absolute atomic E-state index is 6.79. The van der Waals surface area contributed by atoms with Crippen molar-refractivity contribution in [2.75, 3.05) is 18.9 Å². The fourth-order valence-corrected chi connectivity index (χ4v) is 1.60. The SMILES string of the molecule is N=Cc1ccncc1.Nc1ccc(C2=NCCO2)cc1. The second kappa shape index (κ2) is 7.04. The second-order valence-corrected chi connectivity index (χ2v) is 4.08. The van der Waals surface area contributed by atoms with Crippen molar-refractivity contribution >= 4 is 17.8 Å². The molecule has 1 aromatic heterocycles. The van der Waals surface area contributed by atoms with Gasteiger partial charge >= 0.3 is 0 Å². The lowest BCUT2D eigenvalue weighted by molar-refractivity contribution is 0.348. The number of aromatic nitrogens is 1. The molecule has 0 spiro atoms. The van der Waals surface area contributed by atoms with Gasteiger partial charge in [-0.3, -0.25) is 4.98 Å². The number of hydrogen-bond donors (Lipinski definition) is 2. The van der Waals surface area contributed by atoms with E-state index in [1.165, 1.54) is 6.21 Å². The topological polar surface area (TPSA) is 84.4 Å². The molecule has 20 heavy (non-hydrogen) atoms. The molecule has 3 rings (SSSR count). The number of pyridine rings is 1. The number of anilines is 1. The molecule has 0 aliphatic carbocycles. The zero-order valence-corrected chi connectivity index (χ0v) is 11.0. The maximum atomic E-state index is 6.79. The minimum absolute atomic E-state index is 0.694. The molecule has 5 heteroatoms. The van der Waals surface area contributed by atoms with Crippen molar-refractivity contribution in [1.29, 1.82) is 5.41 Å². The highest BCUT2D eigenvalue weighted by Gasteiger charge is 2.08. The number of hydrogen-bond acceptors (Lipinski definition) is 5. The summed E-state index contributed by atoms with van der Waals surface area (Å²) in [5.74, 6) is 0.731. The number of benzene rings is 1. The van der Waals surface area contributed by atoms with Gasteiger partial charge in [0.25, 0.3) is 0 Å². The first-order valence-electron chi connectivity index (χ1n) is 6.23. The van der Waals surface area contributed by atoms with Crippen LogP contribution < -0.4 is 5.73 Å². The third kappa shape index (κ3) is 3.91. The van der Waals surface area contributed by atoms with E-state index in [-0.39, 0.29) is 0 Å². The highest BCUT2D eigenvalue weighted by Crippen LogP contribution is 2.10. The van der Waals surface area contributed by atoms with E-state index >= 15 is 0 Å². The van der Waals surface area contributed by atoms with E-state index in [2.05, 4.69) is 9.98 Å². The van der Waals surface area contributed by atoms with E-state index in [4.69, 9.17) is 15.9 Å². The third-order valence-electron chi connectivity index (χ3n) is 2.62. The highest BCUT2D eigenvalue weighted by atomic mass is 16.5. The number of ether oxygens (including phenoxy) is 1. The first-order chi connectivity index (χ1) is 9.79. The van der Waals surface area contributed by atoms with E-state index in [9.17, 15) is 0 Å². The van der Waals surface area contributed by atoms with Gasteiger partial charge in [-0.05, 0) is 42.0 Å². The monoisotopic (exact) mass is 268 g/mol. The Morgan fingerprint density at radius 1 is 1.10 bits per heavy atom. The zero-order valence-electron chi connectivity index (χ0n) is 11.0. The lowest BCUT2D eigenvalue weighted by atomic mass is 10.2. The number of nitrogen functional groups attached to an aromatic ring is 1. The molecule has 0 saturated heterocycles. The Morgan fingerprint density at radius 3 is 2.30 bits per heavy atom. The average molecular weight is 268 g/mol. The van der Waals surface area contributed by atoms with Crippen LogP contribution >= 0.6 is 0 Å². The van der Waals surface area contributed by atoms with Gasteiger partial charge in [0.2, 0.25) is 5.90 Å². The van der Waals surface area contributed by atoms with Crippen LogP contribution in [0, 0.1) is 5.41 Å². The van der Waals surface area contributed by atoms with Crippen molar-refractivity contribution in [3.63, 3.8) is 0 Å². The van der Waals surface area contributed by atoms with Crippen LogP contribution in [0.15, 0.2) is 53.8 Å². The summed E-state index contributed by atoms with van der Waals surface area (Å²) < 4.78 is 5.29. The number of aliphatic imine (C=N–C) groups is 1. The van der Waals surface area contributed by atoms with Crippen LogP contribution in [0.2, 0.25) is 0 Å². The van der Waals surface area contributed by atoms with Crippen LogP contribution in [0.3, 0.4) is 0 Å². The maximum Gasteiger partial charge on any atom is 0.216 e. The van der Waals surface area contributed by atoms with Gasteiger partial charge in [0.1, 0.15) is 6.61 Å². The normalized spacial score (nSPS) is 12.7. The number of nitrogens with two attached hydrogens (primary N) is 1. The minimum atomic E-state index is 0.694. The van der Waals surface area contributed by atoms with Gasteiger partial charge in [-0.1, -0.05) is 0 Å². The van der Waals surface area contributed by atoms with Crippen molar-refractivity contribution in [3.05, 3.63) is 59.9 Å². The Kier molecular flexibility index (Phi) is 4.83. The van der Waals surface area contributed by atoms with Crippen molar-refractivity contribution in [1.82, 2.24) is 4.98 Å². The standard InChI is InChI=1S/C9H10N2O.C6H6N2/c10-8-3-1-7(2-4-8)9-11-5-6-12-9;7-5-6-1-3-8-4-2-6/h1-4H,5-6,10H2;1-5,7H. The molecular weight excluding hydrogens is 252 g/mol. The summed E-state index contributed by atoms with van der Waals surface area (Å²) in [6, 6.07) is 11.1. The molecule has 1 aliphatic heterocycles. The summed E-state index contributed by atoms with van der Waals surface area (Å²) >= 11 is 0. The summed E-state index contributed by atoms with van der Waals surface area (Å²) in [7, 11) is 0. The lowest BCUT2D eigenvalue weighted by Gasteiger charge is -2.00. The number of nitrogens with zero attached hydrogens (tertiary/aromatic N) is 2. The summed E-state index contributed by atoms with van der Waals surface area (Å²) in [5, 5.41) is 6.79. The molecule has 102 valence electrons. The van der Waals surface area contributed by atoms with E-state index in [1.54, 1.807) is 24.5 Å². The zero-order chi connectivity index (χ0) is 14.2. The number of nitrogens with one attached hydrogen (secondary N) is 1. The fraction of sp³-hybridized carbons (Fsp3) is 0.133. The Hall–Kier alpha value is -2.69. The van der Waals surface area contributed by atoms with E-state index in [0.29, 0.717) is 6.61 Å². The molecule has 5 nitrogen and oxygen atoms in total. The Bertz CT molecular complexity index is 579. The van der Waals surface area contributed by atoms with Crippen LogP contribution in [-0.2, 0) is 4.74 Å². The minimum Gasteiger partial charge on any atom is -0.476 e. The summed E-state index contributed by atoms with van der Waals surface area (Å²) in [5.41, 5.74) is 8.20. The molecule has 0 fully saturated rings. The van der Waals surface area contributed by atoms with E-state index in [1.807, 2.05) is 24.3 Å². The molecule has 0 amide bonds. The number of rotatable bonds is 2. The van der Waals surface area contributed by atoms with Gasteiger partial charge in [0, 0.05) is 29.9 Å². The van der Waals surface area contributed by atoms with Crippen molar-refractivity contribution in [3.8, 4) is 0 Å². The smallest absolute Gasteiger partial charge is 0.216 e. The highest BCUT2D eigenvalue weighted by molar-refractivity contribution is 5.95. The average Bonchev–Trinajstić information content (AvgIpc) is 3.04. The third-order valence-corrected chi connectivity index (χ3v) is 2.62. The molecule has 3 N–H and O–H groups in total. The van der Waals surface area contributed by atoms with Gasteiger partial charge in [0.05, 0.1) is 6.54 Å². The van der Waals surface area contributed by atoms with Crippen LogP contribution in [0.5, 0.6) is 0 Å². The predicted octanol–water partition coefficient (Wildman–Crippen LogP) is 2.12. The van der Waals surface area contributed by atoms with E-state index < -0.39 is 0 Å². The fourth-order valence-electron chi connectivity index (χ4n) is 1.60. The van der Waals surface area contributed by atoms with Crippen LogP contribution in [0.25, 0.3) is 0 Å². The van der Waals surface area contributed by atoms with Crippen LogP contribution in [-0.4, -0.2) is 30.2 Å². The molecule has 1 aromatic carbocycles. The Labute approximate surface area is 117 Å². The summed E-state index contributed by atoms with van der Waals surface area (Å²) in [6.07, 6.45) is 4.63. The summed E-state index contributed by atoms with van der Waals surface area (Å²) in [6.45, 7) is 1.46. The van der Waals surface area contributed by atoms with Crippen molar-refractivity contribution < 1.29 is 4.74 Å².